The van der Waals surface area contributed by atoms with E-state index in [1.54, 1.807) is 0 Å². The summed E-state index contributed by atoms with van der Waals surface area (Å²) in [6.45, 7) is 2.15. The van der Waals surface area contributed by atoms with Gasteiger partial charge in [0.2, 0.25) is 5.91 Å². The van der Waals surface area contributed by atoms with E-state index < -0.39 is 0 Å². The van der Waals surface area contributed by atoms with Crippen molar-refractivity contribution in [2.24, 2.45) is 0 Å². The summed E-state index contributed by atoms with van der Waals surface area (Å²) in [7, 11) is 0. The summed E-state index contributed by atoms with van der Waals surface area (Å²) in [5.41, 5.74) is 7.67. The van der Waals surface area contributed by atoms with Crippen LogP contribution in [0.15, 0.2) is 24.3 Å². The maximum atomic E-state index is 11.9. The van der Waals surface area contributed by atoms with E-state index in [9.17, 15) is 4.79 Å². The number of hydrogen-bond donors (Lipinski definition) is 2. The molecule has 0 radical (unpaired) electrons. The molecule has 0 spiro atoms. The number of anilines is 1. The highest BCUT2D eigenvalue weighted by Crippen LogP contribution is 2.34. The van der Waals surface area contributed by atoms with Crippen LogP contribution in [0.4, 0.5) is 5.69 Å². The first kappa shape index (κ1) is 12.9. The number of amides is 1. The van der Waals surface area contributed by atoms with Crippen LogP contribution in [0.25, 0.3) is 0 Å². The van der Waals surface area contributed by atoms with Crippen LogP contribution in [-0.4, -0.2) is 11.4 Å². The highest BCUT2D eigenvalue weighted by atomic mass is 16.1. The molecule has 1 amide bonds. The van der Waals surface area contributed by atoms with Gasteiger partial charge in [-0.1, -0.05) is 19.1 Å². The molecular weight excluding hydrogens is 224 g/mol. The molecule has 18 heavy (non-hydrogen) atoms. The number of carbonyl (C=O) groups is 1. The summed E-state index contributed by atoms with van der Waals surface area (Å²) >= 11 is 0. The van der Waals surface area contributed by atoms with Crippen molar-refractivity contribution in [2.75, 3.05) is 5.73 Å². The van der Waals surface area contributed by atoms with Crippen LogP contribution in [0, 0.1) is 0 Å². The van der Waals surface area contributed by atoms with E-state index >= 15 is 0 Å². The molecule has 2 rings (SSSR count). The maximum absolute atomic E-state index is 11.9. The minimum Gasteiger partial charge on any atom is -0.399 e. The molecule has 1 aromatic rings. The van der Waals surface area contributed by atoms with Crippen LogP contribution in [0.3, 0.4) is 0 Å². The number of benzene rings is 1. The Balaban J connectivity index is 1.79. The van der Waals surface area contributed by atoms with Crippen molar-refractivity contribution < 1.29 is 4.79 Å². The fourth-order valence-corrected chi connectivity index (χ4v) is 2.47. The number of rotatable bonds is 5. The minimum absolute atomic E-state index is 0.109. The van der Waals surface area contributed by atoms with Crippen LogP contribution in [-0.2, 0) is 11.2 Å². The first-order valence-corrected chi connectivity index (χ1v) is 6.79. The fraction of sp³-hybridized carbons (Fsp3) is 0.533. The van der Waals surface area contributed by atoms with Crippen molar-refractivity contribution in [3.63, 3.8) is 0 Å². The quantitative estimate of drug-likeness (QED) is 0.785. The smallest absolute Gasteiger partial charge is 0.220 e. The molecule has 0 unspecified atom stereocenters. The maximum Gasteiger partial charge on any atom is 0.220 e. The van der Waals surface area contributed by atoms with Crippen LogP contribution in [0.1, 0.15) is 44.6 Å². The monoisotopic (exact) mass is 246 g/mol. The van der Waals surface area contributed by atoms with E-state index in [1.165, 1.54) is 12.0 Å². The van der Waals surface area contributed by atoms with Gasteiger partial charge in [-0.15, -0.1) is 0 Å². The summed E-state index contributed by atoms with van der Waals surface area (Å²) < 4.78 is 0. The number of aryl methyl sites for hydroxylation is 1. The van der Waals surface area contributed by atoms with Gasteiger partial charge in [0.15, 0.2) is 0 Å². The van der Waals surface area contributed by atoms with Gasteiger partial charge in [-0.2, -0.15) is 0 Å². The van der Waals surface area contributed by atoms with Crippen molar-refractivity contribution in [1.29, 1.82) is 0 Å². The number of nitrogen functional groups attached to an aromatic ring is 1. The van der Waals surface area contributed by atoms with Crippen LogP contribution < -0.4 is 11.1 Å². The number of hydrogen-bond acceptors (Lipinski definition) is 2. The largest absolute Gasteiger partial charge is 0.399 e. The summed E-state index contributed by atoms with van der Waals surface area (Å²) in [6, 6.07) is 7.74. The highest BCUT2D eigenvalue weighted by molar-refractivity contribution is 5.77. The Bertz CT molecular complexity index is 401. The van der Waals surface area contributed by atoms with E-state index in [4.69, 9.17) is 5.73 Å². The van der Waals surface area contributed by atoms with Crippen molar-refractivity contribution in [3.8, 4) is 0 Å². The predicted molar refractivity (Wildman–Crippen MR) is 74.2 cm³/mol. The zero-order chi connectivity index (χ0) is 13.0. The average molecular weight is 246 g/mol. The topological polar surface area (TPSA) is 55.1 Å². The van der Waals surface area contributed by atoms with Gasteiger partial charge in [-0.25, -0.2) is 0 Å². The molecule has 0 aliphatic heterocycles. The van der Waals surface area contributed by atoms with Crippen molar-refractivity contribution in [3.05, 3.63) is 29.8 Å². The van der Waals surface area contributed by atoms with E-state index in [2.05, 4.69) is 12.2 Å². The molecule has 1 saturated carbocycles. The van der Waals surface area contributed by atoms with Crippen molar-refractivity contribution in [1.82, 2.24) is 5.32 Å². The lowest BCUT2D eigenvalue weighted by molar-refractivity contribution is -0.124. The zero-order valence-electron chi connectivity index (χ0n) is 11.0. The van der Waals surface area contributed by atoms with Crippen molar-refractivity contribution in [2.45, 2.75) is 51.0 Å². The van der Waals surface area contributed by atoms with E-state index in [0.717, 1.165) is 31.4 Å². The number of carbonyl (C=O) groups excluding carboxylic acids is 1. The van der Waals surface area contributed by atoms with Gasteiger partial charge in [-0.05, 0) is 49.8 Å². The van der Waals surface area contributed by atoms with Gasteiger partial charge >= 0.3 is 0 Å². The first-order valence-electron chi connectivity index (χ1n) is 6.79. The molecule has 1 fully saturated rings. The van der Waals surface area contributed by atoms with Crippen LogP contribution >= 0.6 is 0 Å². The standard InChI is InChI=1S/C15H22N2O/c1-2-15(10-3-11-15)17-14(18)9-6-12-4-7-13(16)8-5-12/h4-5,7-8H,2-3,6,9-11,16H2,1H3,(H,17,18). The van der Waals surface area contributed by atoms with E-state index in [0.29, 0.717) is 6.42 Å². The molecule has 1 aromatic carbocycles. The lowest BCUT2D eigenvalue weighted by Crippen LogP contribution is -2.53. The molecule has 0 atom stereocenters. The molecule has 3 heteroatoms. The lowest BCUT2D eigenvalue weighted by Gasteiger charge is -2.42. The van der Waals surface area contributed by atoms with Crippen LogP contribution in [0.5, 0.6) is 0 Å². The van der Waals surface area contributed by atoms with Gasteiger partial charge in [0, 0.05) is 17.6 Å². The summed E-state index contributed by atoms with van der Waals surface area (Å²) in [5, 5.41) is 3.20. The predicted octanol–water partition coefficient (Wildman–Crippen LogP) is 2.65. The Labute approximate surface area is 109 Å². The SMILES string of the molecule is CCC1(NC(=O)CCc2ccc(N)cc2)CCC1. The van der Waals surface area contributed by atoms with Gasteiger partial charge in [0.25, 0.3) is 0 Å². The third-order valence-electron chi connectivity index (χ3n) is 4.01. The van der Waals surface area contributed by atoms with Gasteiger partial charge in [0.05, 0.1) is 0 Å². The summed E-state index contributed by atoms with van der Waals surface area (Å²) in [4.78, 5) is 11.9. The molecule has 0 saturated heterocycles. The van der Waals surface area contributed by atoms with E-state index in [1.807, 2.05) is 24.3 Å². The fourth-order valence-electron chi connectivity index (χ4n) is 2.47. The Morgan fingerprint density at radius 1 is 1.33 bits per heavy atom. The molecule has 0 aromatic heterocycles. The Hall–Kier alpha value is -1.51. The third kappa shape index (κ3) is 3.03. The highest BCUT2D eigenvalue weighted by Gasteiger charge is 2.35. The molecule has 3 nitrogen and oxygen atoms in total. The van der Waals surface area contributed by atoms with Gasteiger partial charge in [0.1, 0.15) is 0 Å². The lowest BCUT2D eigenvalue weighted by atomic mass is 9.75. The molecule has 0 heterocycles. The third-order valence-corrected chi connectivity index (χ3v) is 4.01. The number of nitrogens with one attached hydrogen (secondary N) is 1. The Kier molecular flexibility index (Phi) is 3.90. The minimum atomic E-state index is 0.109. The molecule has 3 N–H and O–H groups in total. The van der Waals surface area contributed by atoms with Crippen molar-refractivity contribution >= 4 is 11.6 Å². The second-order valence-electron chi connectivity index (χ2n) is 5.28. The zero-order valence-corrected chi connectivity index (χ0v) is 11.0. The second kappa shape index (κ2) is 5.42. The summed E-state index contributed by atoms with van der Waals surface area (Å²) in [5.74, 6) is 0.174. The first-order chi connectivity index (χ1) is 8.63. The normalized spacial score (nSPS) is 16.9. The number of nitrogens with two attached hydrogens (primary N) is 1. The molecule has 0 bridgehead atoms. The Morgan fingerprint density at radius 2 is 2.00 bits per heavy atom. The molecular formula is C15H22N2O. The van der Waals surface area contributed by atoms with Gasteiger partial charge < -0.3 is 11.1 Å². The molecule has 1 aliphatic rings. The van der Waals surface area contributed by atoms with Gasteiger partial charge in [-0.3, -0.25) is 4.79 Å². The van der Waals surface area contributed by atoms with Crippen LogP contribution in [0.2, 0.25) is 0 Å². The molecule has 98 valence electrons. The molecule has 1 aliphatic carbocycles. The summed E-state index contributed by atoms with van der Waals surface area (Å²) in [6.07, 6.45) is 5.90. The Morgan fingerprint density at radius 3 is 2.50 bits per heavy atom. The van der Waals surface area contributed by atoms with E-state index in [-0.39, 0.29) is 11.4 Å². The average Bonchev–Trinajstić information content (AvgIpc) is 2.33. The second-order valence-corrected chi connectivity index (χ2v) is 5.28.